The lowest BCUT2D eigenvalue weighted by Crippen LogP contribution is -2.46. The molecule has 1 rings (SSSR count). The van der Waals surface area contributed by atoms with Crippen LogP contribution in [0.1, 0.15) is 19.3 Å². The Morgan fingerprint density at radius 1 is 1.56 bits per heavy atom. The molecule has 0 spiro atoms. The zero-order chi connectivity index (χ0) is 6.69. The van der Waals surface area contributed by atoms with Crippen LogP contribution in [0, 0.1) is 0 Å². The molecule has 1 aliphatic rings. The molecule has 0 saturated heterocycles. The lowest BCUT2D eigenvalue weighted by Gasteiger charge is -2.33. The predicted molar refractivity (Wildman–Crippen MR) is 35.6 cm³/mol. The number of rotatable bonds is 3. The van der Waals surface area contributed by atoms with Crippen molar-refractivity contribution < 1.29 is 5.11 Å². The molecular weight excluding hydrogens is 116 g/mol. The highest BCUT2D eigenvalue weighted by Gasteiger charge is 2.21. The van der Waals surface area contributed by atoms with Crippen molar-refractivity contribution in [2.75, 3.05) is 13.2 Å². The smallest absolute Gasteiger partial charge is 0.0572 e. The second-order valence-electron chi connectivity index (χ2n) is 2.55. The van der Waals surface area contributed by atoms with Gasteiger partial charge in [0.05, 0.1) is 6.61 Å². The zero-order valence-corrected chi connectivity index (χ0v) is 5.58. The van der Waals surface area contributed by atoms with E-state index in [-0.39, 0.29) is 6.61 Å². The first kappa shape index (κ1) is 6.99. The maximum atomic E-state index is 8.48. The maximum Gasteiger partial charge on any atom is 0.0572 e. The minimum atomic E-state index is 0.174. The Kier molecular flexibility index (Phi) is 2.45. The van der Waals surface area contributed by atoms with Crippen molar-refractivity contribution in [2.45, 2.75) is 25.3 Å². The molecule has 1 saturated carbocycles. The summed E-state index contributed by atoms with van der Waals surface area (Å²) in [6.07, 6.45) is 3.71. The summed E-state index contributed by atoms with van der Waals surface area (Å²) in [5.74, 6) is 5.56. The van der Waals surface area contributed by atoms with E-state index < -0.39 is 0 Å². The van der Waals surface area contributed by atoms with Crippen molar-refractivity contribution in [3.63, 3.8) is 0 Å². The average Bonchev–Trinajstić information content (AvgIpc) is 1.60. The molecule has 1 aliphatic carbocycles. The van der Waals surface area contributed by atoms with Crippen LogP contribution in [-0.2, 0) is 0 Å². The molecule has 0 atom stereocenters. The molecule has 0 aromatic carbocycles. The van der Waals surface area contributed by atoms with Gasteiger partial charge in [-0.3, -0.25) is 5.84 Å². The van der Waals surface area contributed by atoms with Gasteiger partial charge in [0.1, 0.15) is 0 Å². The largest absolute Gasteiger partial charge is 0.395 e. The fourth-order valence-corrected chi connectivity index (χ4v) is 1.02. The number of hydrazine groups is 1. The minimum Gasteiger partial charge on any atom is -0.395 e. The molecule has 0 unspecified atom stereocenters. The van der Waals surface area contributed by atoms with E-state index in [2.05, 4.69) is 0 Å². The summed E-state index contributed by atoms with van der Waals surface area (Å²) in [6.45, 7) is 0.789. The monoisotopic (exact) mass is 130 g/mol. The SMILES string of the molecule is NN(CCO)C1CCC1. The van der Waals surface area contributed by atoms with Gasteiger partial charge >= 0.3 is 0 Å². The predicted octanol–water partition coefficient (Wildman–Crippen LogP) is -0.293. The molecule has 3 heteroatoms. The first-order chi connectivity index (χ1) is 4.34. The Hall–Kier alpha value is -0.120. The van der Waals surface area contributed by atoms with Gasteiger partial charge in [-0.15, -0.1) is 0 Å². The van der Waals surface area contributed by atoms with Gasteiger partial charge in [-0.25, -0.2) is 5.01 Å². The highest BCUT2D eigenvalue weighted by molar-refractivity contribution is 4.76. The van der Waals surface area contributed by atoms with Crippen LogP contribution in [0.25, 0.3) is 0 Å². The molecule has 0 heterocycles. The Morgan fingerprint density at radius 3 is 2.56 bits per heavy atom. The summed E-state index contributed by atoms with van der Waals surface area (Å²) in [4.78, 5) is 0. The summed E-state index contributed by atoms with van der Waals surface area (Å²) in [5.41, 5.74) is 0. The van der Waals surface area contributed by atoms with Crippen molar-refractivity contribution in [1.82, 2.24) is 5.01 Å². The third-order valence-corrected chi connectivity index (χ3v) is 1.90. The van der Waals surface area contributed by atoms with E-state index in [1.54, 1.807) is 5.01 Å². The average molecular weight is 130 g/mol. The van der Waals surface area contributed by atoms with Crippen molar-refractivity contribution >= 4 is 0 Å². The molecular formula is C6H14N2O. The summed E-state index contributed by atoms with van der Waals surface area (Å²) in [5, 5.41) is 10.2. The van der Waals surface area contributed by atoms with Crippen LogP contribution in [0.3, 0.4) is 0 Å². The lowest BCUT2D eigenvalue weighted by molar-refractivity contribution is 0.102. The van der Waals surface area contributed by atoms with Crippen LogP contribution in [-0.4, -0.2) is 29.3 Å². The molecule has 0 bridgehead atoms. The van der Waals surface area contributed by atoms with E-state index >= 15 is 0 Å². The Labute approximate surface area is 55.4 Å². The first-order valence-corrected chi connectivity index (χ1v) is 3.47. The third kappa shape index (κ3) is 1.64. The van der Waals surface area contributed by atoms with Crippen LogP contribution in [0.15, 0.2) is 0 Å². The van der Waals surface area contributed by atoms with Crippen molar-refractivity contribution in [3.8, 4) is 0 Å². The molecule has 1 fully saturated rings. The standard InChI is InChI=1S/C6H14N2O/c7-8(4-5-9)6-2-1-3-6/h6,9H,1-5,7H2. The van der Waals surface area contributed by atoms with Crippen molar-refractivity contribution in [2.24, 2.45) is 5.84 Å². The molecule has 0 aromatic heterocycles. The molecule has 0 radical (unpaired) electrons. The van der Waals surface area contributed by atoms with E-state index in [9.17, 15) is 0 Å². The molecule has 54 valence electrons. The van der Waals surface area contributed by atoms with Crippen molar-refractivity contribution in [3.05, 3.63) is 0 Å². The van der Waals surface area contributed by atoms with E-state index in [0.29, 0.717) is 12.6 Å². The number of aliphatic hydroxyl groups excluding tert-OH is 1. The Balaban J connectivity index is 2.08. The quantitative estimate of drug-likeness (QED) is 0.407. The lowest BCUT2D eigenvalue weighted by atomic mass is 9.93. The molecule has 3 N–H and O–H groups in total. The molecule has 0 amide bonds. The van der Waals surface area contributed by atoms with Gasteiger partial charge < -0.3 is 5.11 Å². The highest BCUT2D eigenvalue weighted by Crippen LogP contribution is 2.21. The summed E-state index contributed by atoms with van der Waals surface area (Å²) in [6, 6.07) is 0.553. The maximum absolute atomic E-state index is 8.48. The van der Waals surface area contributed by atoms with Gasteiger partial charge in [-0.2, -0.15) is 0 Å². The second-order valence-corrected chi connectivity index (χ2v) is 2.55. The number of nitrogens with zero attached hydrogens (tertiary/aromatic N) is 1. The van der Waals surface area contributed by atoms with Crippen LogP contribution in [0.5, 0.6) is 0 Å². The minimum absolute atomic E-state index is 0.174. The molecule has 0 aromatic rings. The fraction of sp³-hybridized carbons (Fsp3) is 1.00. The van der Waals surface area contributed by atoms with Gasteiger partial charge in [0.2, 0.25) is 0 Å². The van der Waals surface area contributed by atoms with Crippen LogP contribution >= 0.6 is 0 Å². The van der Waals surface area contributed by atoms with Gasteiger partial charge in [0.25, 0.3) is 0 Å². The highest BCUT2D eigenvalue weighted by atomic mass is 16.3. The van der Waals surface area contributed by atoms with Crippen LogP contribution in [0.4, 0.5) is 0 Å². The third-order valence-electron chi connectivity index (χ3n) is 1.90. The normalized spacial score (nSPS) is 20.3. The Bertz CT molecular complexity index is 83.1. The van der Waals surface area contributed by atoms with E-state index in [1.807, 2.05) is 0 Å². The molecule has 3 nitrogen and oxygen atoms in total. The van der Waals surface area contributed by atoms with Crippen molar-refractivity contribution in [1.29, 1.82) is 0 Å². The summed E-state index contributed by atoms with van der Waals surface area (Å²) in [7, 11) is 0. The summed E-state index contributed by atoms with van der Waals surface area (Å²) < 4.78 is 0. The first-order valence-electron chi connectivity index (χ1n) is 3.47. The molecule has 9 heavy (non-hydrogen) atoms. The van der Waals surface area contributed by atoms with Crippen LogP contribution in [0.2, 0.25) is 0 Å². The van der Waals surface area contributed by atoms with E-state index in [1.165, 1.54) is 19.3 Å². The van der Waals surface area contributed by atoms with Gasteiger partial charge in [-0.05, 0) is 12.8 Å². The summed E-state index contributed by atoms with van der Waals surface area (Å²) >= 11 is 0. The van der Waals surface area contributed by atoms with Gasteiger partial charge in [-0.1, -0.05) is 6.42 Å². The van der Waals surface area contributed by atoms with E-state index in [4.69, 9.17) is 10.9 Å². The van der Waals surface area contributed by atoms with Gasteiger partial charge in [0.15, 0.2) is 0 Å². The second kappa shape index (κ2) is 3.15. The number of nitrogens with two attached hydrogens (primary N) is 1. The number of hydrogen-bond acceptors (Lipinski definition) is 3. The fourth-order valence-electron chi connectivity index (χ4n) is 1.02. The van der Waals surface area contributed by atoms with Crippen LogP contribution < -0.4 is 5.84 Å². The number of aliphatic hydroxyl groups is 1. The Morgan fingerprint density at radius 2 is 2.22 bits per heavy atom. The topological polar surface area (TPSA) is 49.5 Å². The van der Waals surface area contributed by atoms with Gasteiger partial charge in [0, 0.05) is 12.6 Å². The zero-order valence-electron chi connectivity index (χ0n) is 5.58. The molecule has 0 aliphatic heterocycles. The van der Waals surface area contributed by atoms with E-state index in [0.717, 1.165) is 0 Å². The number of hydrogen-bond donors (Lipinski definition) is 2.